The van der Waals surface area contributed by atoms with Gasteiger partial charge in [-0.2, -0.15) is 5.10 Å². The number of rotatable bonds is 7. The second-order valence-corrected chi connectivity index (χ2v) is 7.80. The van der Waals surface area contributed by atoms with Gasteiger partial charge in [-0.1, -0.05) is 66.7 Å². The predicted octanol–water partition coefficient (Wildman–Crippen LogP) is 4.16. The Hall–Kier alpha value is -3.93. The van der Waals surface area contributed by atoms with Crippen molar-refractivity contribution in [1.82, 2.24) is 15.1 Å². The van der Waals surface area contributed by atoms with E-state index in [9.17, 15) is 9.59 Å². The lowest BCUT2D eigenvalue weighted by molar-refractivity contribution is 0.0945. The lowest BCUT2D eigenvalue weighted by Crippen LogP contribution is -2.31. The molecule has 0 spiro atoms. The van der Waals surface area contributed by atoms with E-state index < -0.39 is 0 Å². The molecule has 4 rings (SSSR count). The number of nitrogens with one attached hydrogen (secondary N) is 1. The van der Waals surface area contributed by atoms with Gasteiger partial charge in [0, 0.05) is 17.5 Å². The number of benzene rings is 3. The third-order valence-electron chi connectivity index (χ3n) is 5.03. The Balaban J connectivity index is 1.66. The van der Waals surface area contributed by atoms with E-state index in [1.807, 2.05) is 68.4 Å². The Morgan fingerprint density at radius 1 is 0.938 bits per heavy atom. The maximum atomic E-state index is 13.2. The quantitative estimate of drug-likeness (QED) is 0.481. The van der Waals surface area contributed by atoms with Crippen LogP contribution < -0.4 is 15.6 Å². The number of amides is 1. The first-order valence-electron chi connectivity index (χ1n) is 10.6. The van der Waals surface area contributed by atoms with Gasteiger partial charge in [-0.05, 0) is 31.5 Å². The van der Waals surface area contributed by atoms with E-state index >= 15 is 0 Å². The summed E-state index contributed by atoms with van der Waals surface area (Å²) in [6, 6.07) is 24.3. The smallest absolute Gasteiger partial charge is 0.274 e. The molecule has 0 saturated heterocycles. The van der Waals surface area contributed by atoms with Gasteiger partial charge in [0.15, 0.2) is 5.69 Å². The van der Waals surface area contributed by atoms with Crippen molar-refractivity contribution in [3.63, 3.8) is 0 Å². The molecule has 1 amide bonds. The zero-order valence-electron chi connectivity index (χ0n) is 18.1. The Bertz CT molecular complexity index is 1300. The van der Waals surface area contributed by atoms with Crippen LogP contribution in [0.2, 0.25) is 0 Å². The molecule has 0 fully saturated rings. The fraction of sp³-hybridized carbons (Fsp3) is 0.192. The van der Waals surface area contributed by atoms with Crippen molar-refractivity contribution in [2.45, 2.75) is 33.0 Å². The third kappa shape index (κ3) is 4.70. The molecule has 0 saturated carbocycles. The normalized spacial score (nSPS) is 11.0. The highest BCUT2D eigenvalue weighted by Gasteiger charge is 2.17. The molecule has 1 aromatic heterocycles. The van der Waals surface area contributed by atoms with E-state index in [0.717, 1.165) is 16.9 Å². The number of hydrogen-bond donors (Lipinski definition) is 1. The van der Waals surface area contributed by atoms with Crippen LogP contribution in [0, 0.1) is 0 Å². The zero-order chi connectivity index (χ0) is 22.5. The van der Waals surface area contributed by atoms with Crippen molar-refractivity contribution < 1.29 is 9.53 Å². The minimum absolute atomic E-state index is 0.0269. The number of carbonyl (C=O) groups is 1. The summed E-state index contributed by atoms with van der Waals surface area (Å²) in [5.74, 6) is 0.386. The highest BCUT2D eigenvalue weighted by molar-refractivity contribution is 6.04. The summed E-state index contributed by atoms with van der Waals surface area (Å²) in [6.07, 6.45) is 0.0269. The number of aromatic nitrogens is 2. The maximum Gasteiger partial charge on any atom is 0.274 e. The van der Waals surface area contributed by atoms with Crippen molar-refractivity contribution in [3.05, 3.63) is 106 Å². The minimum Gasteiger partial charge on any atom is -0.491 e. The predicted molar refractivity (Wildman–Crippen MR) is 125 cm³/mol. The summed E-state index contributed by atoms with van der Waals surface area (Å²) >= 11 is 0. The van der Waals surface area contributed by atoms with E-state index in [1.54, 1.807) is 24.3 Å². The summed E-state index contributed by atoms with van der Waals surface area (Å²) in [4.78, 5) is 26.1. The fourth-order valence-electron chi connectivity index (χ4n) is 3.54. The monoisotopic (exact) mass is 427 g/mol. The van der Waals surface area contributed by atoms with Gasteiger partial charge in [0.25, 0.3) is 11.5 Å². The SMILES string of the molecule is CC(C)Oc1ccccc1CNC(=O)c1nn(Cc2ccccc2)c(=O)c2ccccc12. The van der Waals surface area contributed by atoms with Crippen molar-refractivity contribution in [1.29, 1.82) is 0 Å². The van der Waals surface area contributed by atoms with Crippen LogP contribution in [0.15, 0.2) is 83.7 Å². The number of hydrogen-bond acceptors (Lipinski definition) is 4. The van der Waals surface area contributed by atoms with Crippen molar-refractivity contribution in [2.75, 3.05) is 0 Å². The van der Waals surface area contributed by atoms with Gasteiger partial charge < -0.3 is 10.1 Å². The number of fused-ring (bicyclic) bond motifs is 1. The van der Waals surface area contributed by atoms with Crippen molar-refractivity contribution in [2.24, 2.45) is 0 Å². The molecule has 6 heteroatoms. The highest BCUT2D eigenvalue weighted by atomic mass is 16.5. The van der Waals surface area contributed by atoms with Crippen LogP contribution in [0.3, 0.4) is 0 Å². The van der Waals surface area contributed by atoms with Gasteiger partial charge in [0.05, 0.1) is 18.0 Å². The van der Waals surface area contributed by atoms with Crippen LogP contribution in [0.5, 0.6) is 5.75 Å². The van der Waals surface area contributed by atoms with Crippen LogP contribution in [-0.4, -0.2) is 21.8 Å². The van der Waals surface area contributed by atoms with Crippen molar-refractivity contribution >= 4 is 16.7 Å². The molecule has 0 unspecified atom stereocenters. The van der Waals surface area contributed by atoms with E-state index in [4.69, 9.17) is 4.74 Å². The summed E-state index contributed by atoms with van der Waals surface area (Å²) in [5.41, 5.74) is 1.80. The lowest BCUT2D eigenvalue weighted by Gasteiger charge is -2.15. The molecule has 6 nitrogen and oxygen atoms in total. The molecule has 0 radical (unpaired) electrons. The molecule has 0 atom stereocenters. The third-order valence-corrected chi connectivity index (χ3v) is 5.03. The summed E-state index contributed by atoms with van der Waals surface area (Å²) in [6.45, 7) is 4.49. The molecule has 4 aromatic rings. The average molecular weight is 428 g/mol. The van der Waals surface area contributed by atoms with Crippen LogP contribution in [0.4, 0.5) is 0 Å². The van der Waals surface area contributed by atoms with Gasteiger partial charge >= 0.3 is 0 Å². The van der Waals surface area contributed by atoms with E-state index in [-0.39, 0.29) is 36.4 Å². The van der Waals surface area contributed by atoms with E-state index in [2.05, 4.69) is 10.4 Å². The Kier molecular flexibility index (Phi) is 6.31. The van der Waals surface area contributed by atoms with Gasteiger partial charge in [-0.25, -0.2) is 4.68 Å². The molecule has 1 N–H and O–H groups in total. The maximum absolute atomic E-state index is 13.2. The summed E-state index contributed by atoms with van der Waals surface area (Å²) in [7, 11) is 0. The Labute approximate surface area is 186 Å². The molecular weight excluding hydrogens is 402 g/mol. The molecule has 32 heavy (non-hydrogen) atoms. The first-order chi connectivity index (χ1) is 15.5. The molecule has 0 bridgehead atoms. The van der Waals surface area contributed by atoms with Crippen LogP contribution in [0.1, 0.15) is 35.5 Å². The highest BCUT2D eigenvalue weighted by Crippen LogP contribution is 2.20. The Morgan fingerprint density at radius 3 is 2.34 bits per heavy atom. The molecular formula is C26H25N3O3. The second-order valence-electron chi connectivity index (χ2n) is 7.80. The summed E-state index contributed by atoms with van der Waals surface area (Å²) in [5, 5.41) is 8.37. The minimum atomic E-state index is -0.345. The summed E-state index contributed by atoms with van der Waals surface area (Å²) < 4.78 is 7.19. The van der Waals surface area contributed by atoms with Crippen LogP contribution >= 0.6 is 0 Å². The number of carbonyl (C=O) groups excluding carboxylic acids is 1. The number of para-hydroxylation sites is 1. The van der Waals surface area contributed by atoms with E-state index in [1.165, 1.54) is 4.68 Å². The molecule has 0 aliphatic carbocycles. The molecule has 3 aromatic carbocycles. The Morgan fingerprint density at radius 2 is 1.59 bits per heavy atom. The standard InChI is InChI=1S/C26H25N3O3/c1-18(2)32-23-15-9-6-12-20(23)16-27-25(30)24-21-13-7-8-14-22(21)26(31)29(28-24)17-19-10-4-3-5-11-19/h3-15,18H,16-17H2,1-2H3,(H,27,30). The van der Waals surface area contributed by atoms with Gasteiger partial charge in [-0.15, -0.1) is 0 Å². The van der Waals surface area contributed by atoms with Crippen molar-refractivity contribution in [3.8, 4) is 5.75 Å². The van der Waals surface area contributed by atoms with Gasteiger partial charge in [-0.3, -0.25) is 9.59 Å². The molecule has 162 valence electrons. The van der Waals surface area contributed by atoms with Gasteiger partial charge in [0.1, 0.15) is 5.75 Å². The molecule has 1 heterocycles. The van der Waals surface area contributed by atoms with Crippen LogP contribution in [-0.2, 0) is 13.1 Å². The first-order valence-corrected chi connectivity index (χ1v) is 10.6. The lowest BCUT2D eigenvalue weighted by atomic mass is 10.1. The van der Waals surface area contributed by atoms with E-state index in [0.29, 0.717) is 10.8 Å². The first kappa shape index (κ1) is 21.3. The van der Waals surface area contributed by atoms with Crippen LogP contribution in [0.25, 0.3) is 10.8 Å². The fourth-order valence-corrected chi connectivity index (χ4v) is 3.54. The second kappa shape index (κ2) is 9.47. The molecule has 0 aliphatic rings. The average Bonchev–Trinajstić information content (AvgIpc) is 2.80. The largest absolute Gasteiger partial charge is 0.491 e. The number of nitrogens with zero attached hydrogens (tertiary/aromatic N) is 2. The molecule has 0 aliphatic heterocycles. The number of ether oxygens (including phenoxy) is 1. The van der Waals surface area contributed by atoms with Gasteiger partial charge in [0.2, 0.25) is 0 Å². The topological polar surface area (TPSA) is 73.2 Å². The zero-order valence-corrected chi connectivity index (χ0v) is 18.1.